The van der Waals surface area contributed by atoms with E-state index in [1.165, 1.54) is 0 Å². The van der Waals surface area contributed by atoms with Gasteiger partial charge in [0.2, 0.25) is 0 Å². The van der Waals surface area contributed by atoms with E-state index in [0.717, 1.165) is 15.6 Å². The monoisotopic (exact) mass is 381 g/mol. The molecular weight excluding hydrogens is 366 g/mol. The second-order valence-corrected chi connectivity index (χ2v) is 6.60. The molecule has 4 heteroatoms. The fourth-order valence-corrected chi connectivity index (χ4v) is 3.62. The molecule has 1 aliphatic rings. The molecule has 120 valence electrons. The van der Waals surface area contributed by atoms with Crippen LogP contribution in [0.3, 0.4) is 0 Å². The summed E-state index contributed by atoms with van der Waals surface area (Å²) in [6.45, 7) is 1.83. The molecule has 3 rings (SSSR count). The Morgan fingerprint density at radius 2 is 1.83 bits per heavy atom. The van der Waals surface area contributed by atoms with Crippen molar-refractivity contribution in [1.82, 2.24) is 0 Å². The number of hydrogen-bond acceptors (Lipinski definition) is 3. The van der Waals surface area contributed by atoms with Crippen molar-refractivity contribution < 1.29 is 9.53 Å². The van der Waals surface area contributed by atoms with Crippen LogP contribution in [0.5, 0.6) is 0 Å². The van der Waals surface area contributed by atoms with Gasteiger partial charge in [-0.05, 0) is 18.6 Å². The second kappa shape index (κ2) is 7.02. The Hall–Kier alpha value is -2.38. The summed E-state index contributed by atoms with van der Waals surface area (Å²) < 4.78 is 6.75. The Morgan fingerprint density at radius 3 is 2.46 bits per heavy atom. The van der Waals surface area contributed by atoms with E-state index < -0.39 is 0 Å². The molecule has 24 heavy (non-hydrogen) atoms. The number of allylic oxidation sites excluding steroid dienone is 1. The predicted octanol–water partition coefficient (Wildman–Crippen LogP) is 4.70. The minimum atomic E-state index is -0.370. The first-order valence-corrected chi connectivity index (χ1v) is 8.50. The molecule has 0 saturated carbocycles. The summed E-state index contributed by atoms with van der Waals surface area (Å²) in [4.78, 5) is 12.2. The van der Waals surface area contributed by atoms with Crippen LogP contribution in [0.2, 0.25) is 0 Å². The van der Waals surface area contributed by atoms with Crippen LogP contribution in [-0.2, 0) is 9.53 Å². The molecule has 0 unspecified atom stereocenters. The van der Waals surface area contributed by atoms with E-state index in [2.05, 4.69) is 22.0 Å². The number of rotatable bonds is 3. The van der Waals surface area contributed by atoms with Gasteiger partial charge < -0.3 is 4.74 Å². The summed E-state index contributed by atoms with van der Waals surface area (Å²) >= 11 is 3.56. The van der Waals surface area contributed by atoms with Crippen LogP contribution in [-0.4, -0.2) is 12.4 Å². The molecule has 0 fully saturated rings. The fraction of sp³-hybridized carbons (Fsp3) is 0.200. The van der Waals surface area contributed by atoms with Crippen LogP contribution in [0.15, 0.2) is 64.6 Å². The zero-order valence-electron chi connectivity index (χ0n) is 13.2. The van der Waals surface area contributed by atoms with Crippen molar-refractivity contribution in [2.45, 2.75) is 12.8 Å². The minimum Gasteiger partial charge on any atom is -0.491 e. The normalized spacial score (nSPS) is 20.2. The maximum atomic E-state index is 12.2. The first kappa shape index (κ1) is 16.5. The Labute approximate surface area is 149 Å². The van der Waals surface area contributed by atoms with Crippen LogP contribution in [0.25, 0.3) is 5.76 Å². The molecule has 0 aliphatic carbocycles. The van der Waals surface area contributed by atoms with E-state index in [0.29, 0.717) is 11.3 Å². The quantitative estimate of drug-likeness (QED) is 0.773. The first-order valence-electron chi connectivity index (χ1n) is 7.71. The number of nitrogens with zero attached hydrogens (tertiary/aromatic N) is 1. The van der Waals surface area contributed by atoms with Crippen molar-refractivity contribution in [2.75, 3.05) is 6.61 Å². The summed E-state index contributed by atoms with van der Waals surface area (Å²) in [6, 6.07) is 19.6. The highest BCUT2D eigenvalue weighted by molar-refractivity contribution is 9.10. The number of Topliss-reactive ketones (excluding diaryl/α,β-unsaturated/α-hetero) is 1. The molecule has 0 aromatic heterocycles. The lowest BCUT2D eigenvalue weighted by Crippen LogP contribution is -2.31. The number of carbonyl (C=O) groups excluding carboxylic acids is 1. The molecule has 1 aliphatic heterocycles. The van der Waals surface area contributed by atoms with Gasteiger partial charge in [0.05, 0.1) is 24.2 Å². The molecule has 0 N–H and O–H groups in total. The van der Waals surface area contributed by atoms with Gasteiger partial charge in [0.25, 0.3) is 0 Å². The van der Waals surface area contributed by atoms with Gasteiger partial charge >= 0.3 is 0 Å². The van der Waals surface area contributed by atoms with Crippen LogP contribution in [0.4, 0.5) is 0 Å². The van der Waals surface area contributed by atoms with Crippen LogP contribution in [0, 0.1) is 17.2 Å². The third-order valence-electron chi connectivity index (χ3n) is 4.28. The van der Waals surface area contributed by atoms with E-state index >= 15 is 0 Å². The van der Waals surface area contributed by atoms with E-state index in [1.807, 2.05) is 54.6 Å². The number of halogens is 1. The molecule has 3 nitrogen and oxygen atoms in total. The largest absolute Gasteiger partial charge is 0.491 e. The third kappa shape index (κ3) is 3.00. The molecule has 0 radical (unpaired) electrons. The van der Waals surface area contributed by atoms with Crippen molar-refractivity contribution in [2.24, 2.45) is 5.92 Å². The van der Waals surface area contributed by atoms with Crippen molar-refractivity contribution in [3.63, 3.8) is 0 Å². The molecule has 1 heterocycles. The summed E-state index contributed by atoms with van der Waals surface area (Å²) in [5, 5.41) is 9.83. The van der Waals surface area contributed by atoms with Crippen LogP contribution < -0.4 is 0 Å². The maximum Gasteiger partial charge on any atom is 0.140 e. The van der Waals surface area contributed by atoms with E-state index in [4.69, 9.17) is 4.74 Å². The second-order valence-electron chi connectivity index (χ2n) is 5.75. The van der Waals surface area contributed by atoms with Gasteiger partial charge in [-0.3, -0.25) is 4.79 Å². The molecule has 2 aromatic rings. The van der Waals surface area contributed by atoms with Gasteiger partial charge in [-0.15, -0.1) is 0 Å². The highest BCUT2D eigenvalue weighted by Crippen LogP contribution is 2.43. The summed E-state index contributed by atoms with van der Waals surface area (Å²) in [6.07, 6.45) is 0. The van der Waals surface area contributed by atoms with Gasteiger partial charge in [0.15, 0.2) is 0 Å². The van der Waals surface area contributed by atoms with Crippen molar-refractivity contribution >= 4 is 27.5 Å². The highest BCUT2D eigenvalue weighted by atomic mass is 79.9. The van der Waals surface area contributed by atoms with Gasteiger partial charge in [-0.25, -0.2) is 0 Å². The minimum absolute atomic E-state index is 0.0237. The van der Waals surface area contributed by atoms with E-state index in [1.54, 1.807) is 6.92 Å². The average molecular weight is 382 g/mol. The topological polar surface area (TPSA) is 50.1 Å². The fourth-order valence-electron chi connectivity index (χ4n) is 3.09. The Morgan fingerprint density at radius 1 is 1.17 bits per heavy atom. The summed E-state index contributed by atoms with van der Waals surface area (Å²) in [5.74, 6) is -0.0928. The van der Waals surface area contributed by atoms with Crippen LogP contribution in [0.1, 0.15) is 24.0 Å². The molecule has 0 saturated heterocycles. The molecule has 2 atom stereocenters. The number of carbonyl (C=O) groups is 1. The third-order valence-corrected chi connectivity index (χ3v) is 5.01. The van der Waals surface area contributed by atoms with Gasteiger partial charge in [-0.1, -0.05) is 64.5 Å². The van der Waals surface area contributed by atoms with Gasteiger partial charge in [0, 0.05) is 16.0 Å². The first-order chi connectivity index (χ1) is 11.6. The highest BCUT2D eigenvalue weighted by Gasteiger charge is 2.38. The Bertz CT molecular complexity index is 836. The summed E-state index contributed by atoms with van der Waals surface area (Å²) in [7, 11) is 0. The lowest BCUT2D eigenvalue weighted by molar-refractivity contribution is -0.122. The Kier molecular flexibility index (Phi) is 4.82. The van der Waals surface area contributed by atoms with E-state index in [-0.39, 0.29) is 24.2 Å². The number of nitriles is 1. The van der Waals surface area contributed by atoms with Crippen LogP contribution >= 0.6 is 15.9 Å². The lowest BCUT2D eigenvalue weighted by atomic mass is 9.77. The predicted molar refractivity (Wildman–Crippen MR) is 96.0 cm³/mol. The smallest absolute Gasteiger partial charge is 0.140 e. The zero-order valence-corrected chi connectivity index (χ0v) is 14.8. The number of ketones is 1. The standard InChI is InChI=1S/C20H16BrNO2/c1-13(23)17-12-24-20(14-7-3-2-4-8-14)16(11-22)19(17)15-9-5-6-10-18(15)21/h2-10,17,19H,12H2,1H3/t17-,19+/m1/s1. The lowest BCUT2D eigenvalue weighted by Gasteiger charge is -2.32. The average Bonchev–Trinajstić information content (AvgIpc) is 2.61. The Balaban J connectivity index is 2.21. The van der Waals surface area contributed by atoms with E-state index in [9.17, 15) is 10.1 Å². The number of hydrogen-bond donors (Lipinski definition) is 0. The molecule has 0 amide bonds. The maximum absolute atomic E-state index is 12.2. The zero-order chi connectivity index (χ0) is 17.1. The van der Waals surface area contributed by atoms with Gasteiger partial charge in [0.1, 0.15) is 11.5 Å². The van der Waals surface area contributed by atoms with Crippen molar-refractivity contribution in [3.05, 3.63) is 75.8 Å². The van der Waals surface area contributed by atoms with Gasteiger partial charge in [-0.2, -0.15) is 5.26 Å². The molecular formula is C20H16BrNO2. The molecule has 0 bridgehead atoms. The van der Waals surface area contributed by atoms with Crippen molar-refractivity contribution in [1.29, 1.82) is 5.26 Å². The summed E-state index contributed by atoms with van der Waals surface area (Å²) in [5.41, 5.74) is 2.29. The number of benzene rings is 2. The molecule has 2 aromatic carbocycles. The SMILES string of the molecule is CC(=O)[C@H]1COC(c2ccccc2)=C(C#N)[C@@H]1c1ccccc1Br. The van der Waals surface area contributed by atoms with Crippen molar-refractivity contribution in [3.8, 4) is 6.07 Å². The molecule has 0 spiro atoms. The number of ether oxygens (including phenoxy) is 1.